The van der Waals surface area contributed by atoms with Gasteiger partial charge in [-0.1, -0.05) is 0 Å². The second-order valence-electron chi connectivity index (χ2n) is 3.85. The lowest BCUT2D eigenvalue weighted by Crippen LogP contribution is -2.43. The molecule has 0 aromatic heterocycles. The molecule has 0 aliphatic rings. The number of aldehydes is 1. The molecule has 0 heterocycles. The highest BCUT2D eigenvalue weighted by atomic mass is 16.4. The average Bonchev–Trinajstić information content (AvgIpc) is 2.43. The number of hydrogen-bond donors (Lipinski definition) is 8. The molecule has 0 aromatic carbocycles. The Morgan fingerprint density at radius 3 is 1.42 bits per heavy atom. The van der Waals surface area contributed by atoms with Gasteiger partial charge in [0.05, 0.1) is 19.3 Å². The monoisotopic (exact) mass is 286 g/mol. The molecule has 0 rings (SSSR count). The second-order valence-corrected chi connectivity index (χ2v) is 3.85. The number of aliphatic hydroxyl groups excluding tert-OH is 8. The summed E-state index contributed by atoms with van der Waals surface area (Å²) < 4.78 is 0. The van der Waals surface area contributed by atoms with Crippen LogP contribution < -0.4 is 0 Å². The molecule has 0 fully saturated rings. The smallest absolute Gasteiger partial charge is 0.151 e. The van der Waals surface area contributed by atoms with E-state index < -0.39 is 49.8 Å². The highest BCUT2D eigenvalue weighted by Gasteiger charge is 2.27. The maximum absolute atomic E-state index is 9.87. The predicted molar refractivity (Wildman–Crippen MR) is 62.0 cm³/mol. The zero-order valence-electron chi connectivity index (χ0n) is 10.4. The first-order valence-corrected chi connectivity index (χ1v) is 5.48. The SMILES string of the molecule is C[C@@H](O)[C@H](O)[C@H](O)[C@@H](O)C=O.OC[C@H](O)[C@@H](O)CO. The molecule has 0 radical (unpaired) electrons. The lowest BCUT2D eigenvalue weighted by atomic mass is 10.1. The molecule has 0 aliphatic carbocycles. The number of rotatable bonds is 7. The van der Waals surface area contributed by atoms with Gasteiger partial charge in [-0.2, -0.15) is 0 Å². The Morgan fingerprint density at radius 2 is 1.21 bits per heavy atom. The second kappa shape index (κ2) is 11.2. The normalized spacial score (nSPS) is 20.3. The zero-order chi connectivity index (χ0) is 15.6. The largest absolute Gasteiger partial charge is 0.394 e. The lowest BCUT2D eigenvalue weighted by Gasteiger charge is -2.21. The minimum absolute atomic E-state index is 0.0935. The molecular weight excluding hydrogens is 264 g/mol. The van der Waals surface area contributed by atoms with Crippen molar-refractivity contribution >= 4 is 6.29 Å². The molecule has 8 N–H and O–H groups in total. The Morgan fingerprint density at radius 1 is 0.842 bits per heavy atom. The van der Waals surface area contributed by atoms with E-state index in [1.807, 2.05) is 0 Å². The summed E-state index contributed by atoms with van der Waals surface area (Å²) in [5.74, 6) is 0. The molecule has 19 heavy (non-hydrogen) atoms. The topological polar surface area (TPSA) is 179 Å². The van der Waals surface area contributed by atoms with Crippen LogP contribution in [0.15, 0.2) is 0 Å². The van der Waals surface area contributed by atoms with Crippen LogP contribution in [-0.4, -0.2) is 97.0 Å². The van der Waals surface area contributed by atoms with Gasteiger partial charge in [-0.15, -0.1) is 0 Å². The van der Waals surface area contributed by atoms with Crippen molar-refractivity contribution in [1.82, 2.24) is 0 Å². The Bertz CT molecular complexity index is 215. The third-order valence-electron chi connectivity index (χ3n) is 2.15. The van der Waals surface area contributed by atoms with Crippen LogP contribution in [0, 0.1) is 0 Å². The molecule has 0 unspecified atom stereocenters. The van der Waals surface area contributed by atoms with Crippen LogP contribution in [0.2, 0.25) is 0 Å². The quantitative estimate of drug-likeness (QED) is 0.213. The summed E-state index contributed by atoms with van der Waals surface area (Å²) in [5.41, 5.74) is 0. The molecule has 0 bridgehead atoms. The standard InChI is InChI=1S/C6H12O5.C4H10O4/c1-3(8)5(10)6(11)4(9)2-7;5-1-3(7)4(8)2-6/h2-6,8-11H,1H3;3-8H,1-2H2/t3-,4+,5+,6-;3-,4-/m10/s1. The molecule has 0 saturated heterocycles. The van der Waals surface area contributed by atoms with Crippen molar-refractivity contribution < 1.29 is 45.6 Å². The predicted octanol–water partition coefficient (Wildman–Crippen LogP) is -4.66. The van der Waals surface area contributed by atoms with Crippen LogP contribution >= 0.6 is 0 Å². The van der Waals surface area contributed by atoms with Gasteiger partial charge >= 0.3 is 0 Å². The van der Waals surface area contributed by atoms with Gasteiger partial charge < -0.3 is 45.6 Å². The van der Waals surface area contributed by atoms with Gasteiger partial charge in [-0.05, 0) is 6.92 Å². The first kappa shape index (κ1) is 20.7. The molecule has 9 nitrogen and oxygen atoms in total. The molecular formula is C10H22O9. The van der Waals surface area contributed by atoms with Crippen molar-refractivity contribution in [2.24, 2.45) is 0 Å². The van der Waals surface area contributed by atoms with Crippen LogP contribution in [0.5, 0.6) is 0 Å². The molecule has 6 atom stereocenters. The zero-order valence-corrected chi connectivity index (χ0v) is 10.4. The van der Waals surface area contributed by atoms with Gasteiger partial charge in [0, 0.05) is 0 Å². The number of aliphatic hydroxyl groups is 8. The van der Waals surface area contributed by atoms with E-state index in [0.717, 1.165) is 0 Å². The maximum atomic E-state index is 9.87. The minimum atomic E-state index is -1.65. The third-order valence-corrected chi connectivity index (χ3v) is 2.15. The average molecular weight is 286 g/mol. The summed E-state index contributed by atoms with van der Waals surface area (Å²) in [6.07, 6.45) is -8.32. The van der Waals surface area contributed by atoms with Gasteiger partial charge in [0.15, 0.2) is 6.29 Å². The fourth-order valence-electron chi connectivity index (χ4n) is 0.811. The Balaban J connectivity index is 0. The first-order valence-electron chi connectivity index (χ1n) is 5.48. The van der Waals surface area contributed by atoms with Gasteiger partial charge in [0.2, 0.25) is 0 Å². The third kappa shape index (κ3) is 8.97. The number of hydrogen-bond acceptors (Lipinski definition) is 9. The van der Waals surface area contributed by atoms with E-state index in [-0.39, 0.29) is 6.29 Å². The first-order chi connectivity index (χ1) is 8.72. The van der Waals surface area contributed by atoms with Crippen LogP contribution in [-0.2, 0) is 4.79 Å². The summed E-state index contributed by atoms with van der Waals surface area (Å²) >= 11 is 0. The Hall–Kier alpha value is -0.650. The van der Waals surface area contributed by atoms with E-state index in [1.165, 1.54) is 6.92 Å². The molecule has 0 amide bonds. The molecule has 0 aromatic rings. The van der Waals surface area contributed by atoms with Gasteiger partial charge in [-0.25, -0.2) is 0 Å². The summed E-state index contributed by atoms with van der Waals surface area (Å²) in [6.45, 7) is 0.189. The molecule has 0 spiro atoms. The van der Waals surface area contributed by atoms with Crippen molar-refractivity contribution in [3.8, 4) is 0 Å². The van der Waals surface area contributed by atoms with Crippen LogP contribution in [0.4, 0.5) is 0 Å². The van der Waals surface area contributed by atoms with E-state index in [1.54, 1.807) is 0 Å². The molecule has 116 valence electrons. The van der Waals surface area contributed by atoms with E-state index in [9.17, 15) is 4.79 Å². The van der Waals surface area contributed by atoms with Crippen molar-refractivity contribution in [2.75, 3.05) is 13.2 Å². The lowest BCUT2D eigenvalue weighted by molar-refractivity contribution is -0.132. The Labute approximate surface area is 110 Å². The van der Waals surface area contributed by atoms with Gasteiger partial charge in [0.1, 0.15) is 30.5 Å². The summed E-state index contributed by atoms with van der Waals surface area (Å²) in [6, 6.07) is 0. The van der Waals surface area contributed by atoms with Crippen LogP contribution in [0.3, 0.4) is 0 Å². The van der Waals surface area contributed by atoms with Gasteiger partial charge in [0.25, 0.3) is 0 Å². The van der Waals surface area contributed by atoms with Crippen molar-refractivity contribution in [2.45, 2.75) is 43.5 Å². The maximum Gasteiger partial charge on any atom is 0.151 e. The highest BCUT2D eigenvalue weighted by Crippen LogP contribution is 2.02. The minimum Gasteiger partial charge on any atom is -0.394 e. The molecule has 0 aliphatic heterocycles. The van der Waals surface area contributed by atoms with Crippen LogP contribution in [0.1, 0.15) is 6.92 Å². The van der Waals surface area contributed by atoms with Gasteiger partial charge in [-0.3, -0.25) is 0 Å². The van der Waals surface area contributed by atoms with E-state index in [2.05, 4.69) is 0 Å². The fraction of sp³-hybridized carbons (Fsp3) is 0.900. The Kier molecular flexibility index (Phi) is 12.2. The highest BCUT2D eigenvalue weighted by molar-refractivity contribution is 5.56. The number of carbonyl (C=O) groups is 1. The summed E-state index contributed by atoms with van der Waals surface area (Å²) in [5, 5.41) is 68.3. The van der Waals surface area contributed by atoms with Crippen molar-refractivity contribution in [1.29, 1.82) is 0 Å². The van der Waals surface area contributed by atoms with Crippen molar-refractivity contribution in [3.63, 3.8) is 0 Å². The molecule has 9 heteroatoms. The number of carbonyl (C=O) groups excluding carboxylic acids is 1. The van der Waals surface area contributed by atoms with E-state index >= 15 is 0 Å². The summed E-state index contributed by atoms with van der Waals surface area (Å²) in [4.78, 5) is 9.87. The van der Waals surface area contributed by atoms with Crippen molar-refractivity contribution in [3.05, 3.63) is 0 Å². The summed E-state index contributed by atoms with van der Waals surface area (Å²) in [7, 11) is 0. The van der Waals surface area contributed by atoms with E-state index in [0.29, 0.717) is 0 Å². The van der Waals surface area contributed by atoms with E-state index in [4.69, 9.17) is 40.9 Å². The fourth-order valence-corrected chi connectivity index (χ4v) is 0.811. The van der Waals surface area contributed by atoms with Crippen LogP contribution in [0.25, 0.3) is 0 Å². The molecule has 0 saturated carbocycles.